The van der Waals surface area contributed by atoms with Gasteiger partial charge in [0.05, 0.1) is 18.5 Å². The molecule has 0 aliphatic carbocycles. The lowest BCUT2D eigenvalue weighted by Crippen LogP contribution is -2.09. The minimum Gasteiger partial charge on any atom is -0.378 e. The Morgan fingerprint density at radius 3 is 2.10 bits per heavy atom. The van der Waals surface area contributed by atoms with Gasteiger partial charge in [-0.25, -0.2) is 0 Å². The van der Waals surface area contributed by atoms with Crippen molar-refractivity contribution in [3.05, 3.63) is 65.2 Å². The van der Waals surface area contributed by atoms with E-state index in [-0.39, 0.29) is 0 Å². The Hall–Kier alpha value is -2.27. The molecule has 0 radical (unpaired) electrons. The van der Waals surface area contributed by atoms with Gasteiger partial charge in [-0.15, -0.1) is 0 Å². The van der Waals surface area contributed by atoms with Gasteiger partial charge in [0.2, 0.25) is 0 Å². The average Bonchev–Trinajstić information content (AvgIpc) is 2.54. The maximum Gasteiger partial charge on any atom is 0.0669 e. The fourth-order valence-electron chi connectivity index (χ4n) is 2.42. The van der Waals surface area contributed by atoms with E-state index < -0.39 is 0 Å². The summed E-state index contributed by atoms with van der Waals surface area (Å²) in [6.45, 7) is 4.36. The summed E-state index contributed by atoms with van der Waals surface area (Å²) in [6, 6.07) is 19.4. The third-order valence-corrected chi connectivity index (χ3v) is 3.78. The Labute approximate surface area is 127 Å². The van der Waals surface area contributed by atoms with E-state index in [4.69, 9.17) is 5.26 Å². The van der Waals surface area contributed by atoms with Gasteiger partial charge in [-0.2, -0.15) is 5.26 Å². The quantitative estimate of drug-likeness (QED) is 0.817. The lowest BCUT2D eigenvalue weighted by Gasteiger charge is -2.19. The minimum absolute atomic E-state index is 0.317. The molecule has 0 amide bonds. The van der Waals surface area contributed by atoms with Crippen LogP contribution in [0.1, 0.15) is 43.0 Å². The molecule has 0 spiro atoms. The molecule has 0 saturated carbocycles. The molecule has 0 bridgehead atoms. The van der Waals surface area contributed by atoms with Crippen LogP contribution in [0, 0.1) is 11.3 Å². The fraction of sp³-hybridized carbons (Fsp3) is 0.316. The van der Waals surface area contributed by atoms with E-state index in [1.54, 1.807) is 0 Å². The molecule has 0 heterocycles. The first kappa shape index (κ1) is 15.1. The largest absolute Gasteiger partial charge is 0.378 e. The average molecular weight is 278 g/mol. The van der Waals surface area contributed by atoms with Crippen molar-refractivity contribution in [1.82, 2.24) is 0 Å². The highest BCUT2D eigenvalue weighted by Crippen LogP contribution is 2.23. The summed E-state index contributed by atoms with van der Waals surface area (Å²) in [5.74, 6) is 0. The van der Waals surface area contributed by atoms with Crippen LogP contribution in [0.2, 0.25) is 0 Å². The van der Waals surface area contributed by atoms with Crippen molar-refractivity contribution >= 4 is 5.69 Å². The third kappa shape index (κ3) is 4.10. The van der Waals surface area contributed by atoms with Gasteiger partial charge in [0, 0.05) is 5.69 Å². The monoisotopic (exact) mass is 278 g/mol. The second-order valence-corrected chi connectivity index (χ2v) is 5.23. The number of hydrogen-bond donors (Lipinski definition) is 1. The first-order valence-corrected chi connectivity index (χ1v) is 7.58. The number of aryl methyl sites for hydroxylation is 1. The molecule has 1 N–H and O–H groups in total. The molecule has 2 heteroatoms. The summed E-state index contributed by atoms with van der Waals surface area (Å²) in [5, 5.41) is 12.3. The smallest absolute Gasteiger partial charge is 0.0669 e. The Bertz CT molecular complexity index is 591. The van der Waals surface area contributed by atoms with Gasteiger partial charge >= 0.3 is 0 Å². The highest BCUT2D eigenvalue weighted by atomic mass is 14.9. The van der Waals surface area contributed by atoms with E-state index in [1.807, 2.05) is 12.1 Å². The SMILES string of the molecule is CCc1ccc(C(CC)Nc2ccc(CC#N)cc2)cc1. The molecule has 2 aromatic carbocycles. The molecule has 0 saturated heterocycles. The van der Waals surface area contributed by atoms with Gasteiger partial charge in [-0.3, -0.25) is 0 Å². The Balaban J connectivity index is 2.09. The summed E-state index contributed by atoms with van der Waals surface area (Å²) in [7, 11) is 0. The van der Waals surface area contributed by atoms with Crippen LogP contribution in [0.5, 0.6) is 0 Å². The molecule has 2 nitrogen and oxygen atoms in total. The van der Waals surface area contributed by atoms with Crippen molar-refractivity contribution in [1.29, 1.82) is 5.26 Å². The predicted octanol–water partition coefficient (Wildman–Crippen LogP) is 4.88. The molecule has 2 aromatic rings. The highest BCUT2D eigenvalue weighted by Gasteiger charge is 2.09. The maximum absolute atomic E-state index is 8.70. The molecule has 2 rings (SSSR count). The first-order valence-electron chi connectivity index (χ1n) is 7.58. The molecule has 1 unspecified atom stereocenters. The van der Waals surface area contributed by atoms with Crippen LogP contribution >= 0.6 is 0 Å². The van der Waals surface area contributed by atoms with Crippen molar-refractivity contribution in [2.45, 2.75) is 39.2 Å². The van der Waals surface area contributed by atoms with E-state index >= 15 is 0 Å². The van der Waals surface area contributed by atoms with Crippen LogP contribution in [-0.2, 0) is 12.8 Å². The van der Waals surface area contributed by atoms with Crippen molar-refractivity contribution in [3.8, 4) is 6.07 Å². The van der Waals surface area contributed by atoms with E-state index in [0.29, 0.717) is 12.5 Å². The van der Waals surface area contributed by atoms with Crippen LogP contribution in [0.4, 0.5) is 5.69 Å². The molecular formula is C19H22N2. The molecular weight excluding hydrogens is 256 g/mol. The predicted molar refractivity (Wildman–Crippen MR) is 88.2 cm³/mol. The molecule has 0 aliphatic rings. The van der Waals surface area contributed by atoms with Gasteiger partial charge in [0.15, 0.2) is 0 Å². The summed E-state index contributed by atoms with van der Waals surface area (Å²) in [5.41, 5.74) is 4.84. The number of rotatable bonds is 6. The van der Waals surface area contributed by atoms with Crippen molar-refractivity contribution in [2.24, 2.45) is 0 Å². The van der Waals surface area contributed by atoms with Crippen LogP contribution in [0.15, 0.2) is 48.5 Å². The number of hydrogen-bond acceptors (Lipinski definition) is 2. The first-order chi connectivity index (χ1) is 10.3. The van der Waals surface area contributed by atoms with Crippen molar-refractivity contribution in [3.63, 3.8) is 0 Å². The van der Waals surface area contributed by atoms with E-state index in [9.17, 15) is 0 Å². The summed E-state index contributed by atoms with van der Waals surface area (Å²) >= 11 is 0. The van der Waals surface area contributed by atoms with E-state index in [0.717, 1.165) is 24.1 Å². The van der Waals surface area contributed by atoms with Crippen LogP contribution in [0.3, 0.4) is 0 Å². The Morgan fingerprint density at radius 2 is 1.57 bits per heavy atom. The Kier molecular flexibility index (Phi) is 5.40. The summed E-state index contributed by atoms with van der Waals surface area (Å²) in [6.07, 6.45) is 2.58. The van der Waals surface area contributed by atoms with Crippen molar-refractivity contribution < 1.29 is 0 Å². The minimum atomic E-state index is 0.317. The lowest BCUT2D eigenvalue weighted by atomic mass is 10.0. The summed E-state index contributed by atoms with van der Waals surface area (Å²) in [4.78, 5) is 0. The van der Waals surface area contributed by atoms with Crippen LogP contribution in [0.25, 0.3) is 0 Å². The standard InChI is InChI=1S/C19H22N2/c1-3-15-5-9-17(10-6-15)19(4-2)21-18-11-7-16(8-12-18)13-14-20/h5-12,19,21H,3-4,13H2,1-2H3. The number of benzene rings is 2. The topological polar surface area (TPSA) is 35.8 Å². The van der Waals surface area contributed by atoms with Crippen LogP contribution in [-0.4, -0.2) is 0 Å². The van der Waals surface area contributed by atoms with Gasteiger partial charge < -0.3 is 5.32 Å². The van der Waals surface area contributed by atoms with E-state index in [2.05, 4.69) is 61.6 Å². The number of nitrogens with zero attached hydrogens (tertiary/aromatic N) is 1. The second-order valence-electron chi connectivity index (χ2n) is 5.23. The fourth-order valence-corrected chi connectivity index (χ4v) is 2.42. The van der Waals surface area contributed by atoms with Gasteiger partial charge in [-0.05, 0) is 41.7 Å². The van der Waals surface area contributed by atoms with Gasteiger partial charge in [0.1, 0.15) is 0 Å². The summed E-state index contributed by atoms with van der Waals surface area (Å²) < 4.78 is 0. The van der Waals surface area contributed by atoms with Crippen molar-refractivity contribution in [2.75, 3.05) is 5.32 Å². The van der Waals surface area contributed by atoms with Gasteiger partial charge in [-0.1, -0.05) is 50.2 Å². The van der Waals surface area contributed by atoms with E-state index in [1.165, 1.54) is 11.1 Å². The van der Waals surface area contributed by atoms with Gasteiger partial charge in [0.25, 0.3) is 0 Å². The molecule has 1 atom stereocenters. The molecule has 0 fully saturated rings. The Morgan fingerprint density at radius 1 is 0.952 bits per heavy atom. The maximum atomic E-state index is 8.70. The third-order valence-electron chi connectivity index (χ3n) is 3.78. The molecule has 21 heavy (non-hydrogen) atoms. The second kappa shape index (κ2) is 7.50. The normalized spacial score (nSPS) is 11.7. The zero-order chi connectivity index (χ0) is 15.1. The van der Waals surface area contributed by atoms with Crippen LogP contribution < -0.4 is 5.32 Å². The molecule has 0 aliphatic heterocycles. The molecule has 108 valence electrons. The lowest BCUT2D eigenvalue weighted by molar-refractivity contribution is 0.749. The zero-order valence-electron chi connectivity index (χ0n) is 12.8. The number of nitriles is 1. The number of anilines is 1. The zero-order valence-corrected chi connectivity index (χ0v) is 12.8. The molecule has 0 aromatic heterocycles. The number of nitrogens with one attached hydrogen (secondary N) is 1. The highest BCUT2D eigenvalue weighted by molar-refractivity contribution is 5.47.